The molecule has 142 valence electrons. The maximum Gasteiger partial charge on any atom is 0.262 e. The summed E-state index contributed by atoms with van der Waals surface area (Å²) in [5, 5.41) is 5.47. The van der Waals surface area contributed by atoms with Crippen molar-refractivity contribution in [2.24, 2.45) is 0 Å². The van der Waals surface area contributed by atoms with Gasteiger partial charge in [0.1, 0.15) is 5.75 Å². The Bertz CT molecular complexity index is 955. The van der Waals surface area contributed by atoms with E-state index < -0.39 is 0 Å². The van der Waals surface area contributed by atoms with Crippen LogP contribution in [0.3, 0.4) is 0 Å². The third-order valence-electron chi connectivity index (χ3n) is 4.04. The number of hydrogen-bond acceptors (Lipinski definition) is 3. The maximum atomic E-state index is 12.3. The lowest BCUT2D eigenvalue weighted by Crippen LogP contribution is -2.20. The van der Waals surface area contributed by atoms with E-state index in [-0.39, 0.29) is 18.4 Å². The molecule has 0 heterocycles. The Morgan fingerprint density at radius 3 is 2.25 bits per heavy atom. The molecule has 0 fully saturated rings. The average molecular weight is 374 g/mol. The van der Waals surface area contributed by atoms with Gasteiger partial charge in [-0.15, -0.1) is 0 Å². The third kappa shape index (κ3) is 5.71. The van der Waals surface area contributed by atoms with E-state index in [4.69, 9.17) is 4.74 Å². The summed E-state index contributed by atoms with van der Waals surface area (Å²) >= 11 is 0. The highest BCUT2D eigenvalue weighted by Gasteiger charge is 2.08. The van der Waals surface area contributed by atoms with Crippen molar-refractivity contribution in [3.8, 4) is 5.75 Å². The Morgan fingerprint density at radius 1 is 0.821 bits per heavy atom. The van der Waals surface area contributed by atoms with E-state index in [2.05, 4.69) is 22.8 Å². The molecule has 0 saturated heterocycles. The summed E-state index contributed by atoms with van der Waals surface area (Å²) in [6.45, 7) is 1.34. The van der Waals surface area contributed by atoms with Crippen LogP contribution in [0.4, 0.5) is 11.4 Å². The Morgan fingerprint density at radius 2 is 1.50 bits per heavy atom. The van der Waals surface area contributed by atoms with E-state index >= 15 is 0 Å². The highest BCUT2D eigenvalue weighted by Crippen LogP contribution is 2.21. The summed E-state index contributed by atoms with van der Waals surface area (Å²) in [6.07, 6.45) is 0.734. The van der Waals surface area contributed by atoms with E-state index in [1.165, 1.54) is 12.5 Å². The van der Waals surface area contributed by atoms with Gasteiger partial charge in [0, 0.05) is 24.7 Å². The fourth-order valence-electron chi connectivity index (χ4n) is 2.82. The average Bonchev–Trinajstić information content (AvgIpc) is 2.68. The van der Waals surface area contributed by atoms with Crippen LogP contribution < -0.4 is 15.4 Å². The van der Waals surface area contributed by atoms with Crippen LogP contribution in [0, 0.1) is 0 Å². The van der Waals surface area contributed by atoms with Crippen molar-refractivity contribution in [3.63, 3.8) is 0 Å². The molecule has 28 heavy (non-hydrogen) atoms. The largest absolute Gasteiger partial charge is 0.483 e. The molecule has 0 spiro atoms. The Kier molecular flexibility index (Phi) is 6.41. The molecule has 0 aliphatic heterocycles. The Hall–Kier alpha value is -3.60. The standard InChI is InChI=1S/C23H22N2O3/c1-17(26)24-20-11-7-12-21(15-20)25-23(27)16-28-22-13-6-5-10-19(22)14-18-8-3-2-4-9-18/h2-13,15H,14,16H2,1H3,(H,24,26)(H,25,27). The highest BCUT2D eigenvalue weighted by atomic mass is 16.5. The lowest BCUT2D eigenvalue weighted by molar-refractivity contribution is -0.118. The van der Waals surface area contributed by atoms with E-state index in [9.17, 15) is 9.59 Å². The molecule has 3 aromatic carbocycles. The topological polar surface area (TPSA) is 67.4 Å². The van der Waals surface area contributed by atoms with Gasteiger partial charge in [0.05, 0.1) is 0 Å². The normalized spacial score (nSPS) is 10.2. The van der Waals surface area contributed by atoms with Crippen LogP contribution in [0.5, 0.6) is 5.75 Å². The van der Waals surface area contributed by atoms with Gasteiger partial charge in [0.15, 0.2) is 6.61 Å². The van der Waals surface area contributed by atoms with Gasteiger partial charge in [-0.3, -0.25) is 9.59 Å². The Balaban J connectivity index is 1.60. The van der Waals surface area contributed by atoms with Crippen LogP contribution in [0.15, 0.2) is 78.9 Å². The monoisotopic (exact) mass is 374 g/mol. The Labute approximate surface area is 164 Å². The van der Waals surface area contributed by atoms with Crippen LogP contribution in [-0.2, 0) is 16.0 Å². The lowest BCUT2D eigenvalue weighted by atomic mass is 10.0. The summed E-state index contributed by atoms with van der Waals surface area (Å²) in [6, 6.07) is 24.8. The second-order valence-electron chi connectivity index (χ2n) is 6.37. The summed E-state index contributed by atoms with van der Waals surface area (Å²) in [7, 11) is 0. The van der Waals surface area contributed by atoms with Gasteiger partial charge >= 0.3 is 0 Å². The molecule has 0 aromatic heterocycles. The first-order valence-corrected chi connectivity index (χ1v) is 9.02. The van der Waals surface area contributed by atoms with Crippen LogP contribution in [0.1, 0.15) is 18.1 Å². The van der Waals surface area contributed by atoms with Gasteiger partial charge in [0.25, 0.3) is 5.91 Å². The second-order valence-corrected chi connectivity index (χ2v) is 6.37. The van der Waals surface area contributed by atoms with Crippen LogP contribution in [-0.4, -0.2) is 18.4 Å². The third-order valence-corrected chi connectivity index (χ3v) is 4.04. The first kappa shape index (κ1) is 19.2. The minimum absolute atomic E-state index is 0.101. The molecule has 0 saturated carbocycles. The number of amides is 2. The van der Waals surface area contributed by atoms with Crippen LogP contribution in [0.25, 0.3) is 0 Å². The first-order valence-electron chi connectivity index (χ1n) is 9.02. The van der Waals surface area contributed by atoms with Crippen molar-refractivity contribution >= 4 is 23.2 Å². The molecule has 5 nitrogen and oxygen atoms in total. The smallest absolute Gasteiger partial charge is 0.262 e. The van der Waals surface area contributed by atoms with Crippen molar-refractivity contribution in [2.45, 2.75) is 13.3 Å². The quantitative estimate of drug-likeness (QED) is 0.650. The minimum atomic E-state index is -0.269. The zero-order chi connectivity index (χ0) is 19.8. The molecule has 0 radical (unpaired) electrons. The zero-order valence-electron chi connectivity index (χ0n) is 15.6. The number of para-hydroxylation sites is 1. The number of carbonyl (C=O) groups excluding carboxylic acids is 2. The molecule has 0 bridgehead atoms. The predicted molar refractivity (Wildman–Crippen MR) is 111 cm³/mol. The molecular weight excluding hydrogens is 352 g/mol. The SMILES string of the molecule is CC(=O)Nc1cccc(NC(=O)COc2ccccc2Cc2ccccc2)c1. The molecular formula is C23H22N2O3. The fraction of sp³-hybridized carbons (Fsp3) is 0.130. The fourth-order valence-corrected chi connectivity index (χ4v) is 2.82. The summed E-state index contributed by atoms with van der Waals surface area (Å²) < 4.78 is 5.76. The van der Waals surface area contributed by atoms with Crippen LogP contribution in [0.2, 0.25) is 0 Å². The second kappa shape index (κ2) is 9.37. The van der Waals surface area contributed by atoms with Gasteiger partial charge in [-0.05, 0) is 35.4 Å². The molecule has 0 aliphatic carbocycles. The van der Waals surface area contributed by atoms with E-state index in [0.717, 1.165) is 12.0 Å². The maximum absolute atomic E-state index is 12.3. The predicted octanol–water partition coefficient (Wildman–Crippen LogP) is 4.25. The van der Waals surface area contributed by atoms with Gasteiger partial charge in [-0.2, -0.15) is 0 Å². The summed E-state index contributed by atoms with van der Waals surface area (Å²) in [5.74, 6) is 0.254. The lowest BCUT2D eigenvalue weighted by Gasteiger charge is -2.12. The highest BCUT2D eigenvalue weighted by molar-refractivity contribution is 5.94. The number of hydrogen-bond donors (Lipinski definition) is 2. The minimum Gasteiger partial charge on any atom is -0.483 e. The summed E-state index contributed by atoms with van der Waals surface area (Å²) in [5.41, 5.74) is 3.42. The molecule has 0 aliphatic rings. The molecule has 2 amide bonds. The number of rotatable bonds is 7. The molecule has 5 heteroatoms. The number of carbonyl (C=O) groups is 2. The summed E-state index contributed by atoms with van der Waals surface area (Å²) in [4.78, 5) is 23.4. The molecule has 2 N–H and O–H groups in total. The van der Waals surface area contributed by atoms with Crippen molar-refractivity contribution < 1.29 is 14.3 Å². The van der Waals surface area contributed by atoms with E-state index in [1.807, 2.05) is 42.5 Å². The number of benzene rings is 3. The molecule has 0 atom stereocenters. The number of ether oxygens (including phenoxy) is 1. The van der Waals surface area contributed by atoms with Gasteiger partial charge in [-0.25, -0.2) is 0 Å². The van der Waals surface area contributed by atoms with Crippen molar-refractivity contribution in [2.75, 3.05) is 17.2 Å². The van der Waals surface area contributed by atoms with Crippen molar-refractivity contribution in [3.05, 3.63) is 90.0 Å². The molecule has 3 aromatic rings. The van der Waals surface area contributed by atoms with E-state index in [1.54, 1.807) is 24.3 Å². The first-order chi connectivity index (χ1) is 13.6. The van der Waals surface area contributed by atoms with Gasteiger partial charge in [-0.1, -0.05) is 54.6 Å². The number of nitrogens with one attached hydrogen (secondary N) is 2. The van der Waals surface area contributed by atoms with E-state index in [0.29, 0.717) is 17.1 Å². The van der Waals surface area contributed by atoms with Gasteiger partial charge in [0.2, 0.25) is 5.91 Å². The van der Waals surface area contributed by atoms with Gasteiger partial charge < -0.3 is 15.4 Å². The zero-order valence-corrected chi connectivity index (χ0v) is 15.6. The molecule has 0 unspecified atom stereocenters. The van der Waals surface area contributed by atoms with Crippen molar-refractivity contribution in [1.29, 1.82) is 0 Å². The number of anilines is 2. The van der Waals surface area contributed by atoms with Crippen molar-refractivity contribution in [1.82, 2.24) is 0 Å². The molecule has 3 rings (SSSR count). The van der Waals surface area contributed by atoms with Crippen LogP contribution >= 0.6 is 0 Å².